The minimum Gasteiger partial charge on any atom is -0.457 e. The molecule has 1 N–H and O–H groups in total. The molecule has 1 aliphatic heterocycles. The van der Waals surface area contributed by atoms with E-state index in [2.05, 4.69) is 5.48 Å². The molecule has 0 radical (unpaired) electrons. The second-order valence-electron chi connectivity index (χ2n) is 6.90. The molecule has 1 atom stereocenters. The van der Waals surface area contributed by atoms with Crippen molar-refractivity contribution in [2.24, 2.45) is 0 Å². The molecule has 1 saturated heterocycles. The summed E-state index contributed by atoms with van der Waals surface area (Å²) in [7, 11) is 0. The van der Waals surface area contributed by atoms with Crippen LogP contribution in [-0.4, -0.2) is 34.4 Å². The van der Waals surface area contributed by atoms with Gasteiger partial charge in [-0.05, 0) is 42.0 Å². The molecular weight excluding hydrogens is 412 g/mol. The lowest BCUT2D eigenvalue weighted by molar-refractivity contribution is -0.136. The molecule has 0 bridgehead atoms. The van der Waals surface area contributed by atoms with Crippen molar-refractivity contribution >= 4 is 23.6 Å². The van der Waals surface area contributed by atoms with E-state index in [0.717, 1.165) is 11.3 Å². The van der Waals surface area contributed by atoms with E-state index >= 15 is 0 Å². The molecule has 3 aromatic carbocycles. The highest BCUT2D eigenvalue weighted by atomic mass is 32.2. The SMILES string of the molecule is O=C(NOCc1ccccc1)[C@@H]1SCCN1C(=O)c1ccc(Oc2ccccc2)cc1. The third kappa shape index (κ3) is 5.45. The van der Waals surface area contributed by atoms with Crippen molar-refractivity contribution in [1.82, 2.24) is 10.4 Å². The highest BCUT2D eigenvalue weighted by Gasteiger charge is 2.35. The van der Waals surface area contributed by atoms with Gasteiger partial charge in [-0.15, -0.1) is 11.8 Å². The maximum absolute atomic E-state index is 13.0. The smallest absolute Gasteiger partial charge is 0.276 e. The van der Waals surface area contributed by atoms with Gasteiger partial charge in [-0.2, -0.15) is 0 Å². The summed E-state index contributed by atoms with van der Waals surface area (Å²) in [6.07, 6.45) is 0. The molecule has 2 amide bonds. The van der Waals surface area contributed by atoms with Crippen LogP contribution in [0.3, 0.4) is 0 Å². The fourth-order valence-electron chi connectivity index (χ4n) is 3.17. The second kappa shape index (κ2) is 10.1. The number of thioether (sulfide) groups is 1. The van der Waals surface area contributed by atoms with Crippen LogP contribution in [0.4, 0.5) is 0 Å². The monoisotopic (exact) mass is 434 g/mol. The Balaban J connectivity index is 1.34. The topological polar surface area (TPSA) is 67.9 Å². The molecule has 3 aromatic rings. The standard InChI is InChI=1S/C24H22N2O4S/c27-22(25-29-17-18-7-3-1-4-8-18)24-26(15-16-31-24)23(28)19-11-13-21(14-12-19)30-20-9-5-2-6-10-20/h1-14,24H,15-17H2,(H,25,27)/t24-/m0/s1. The zero-order valence-corrected chi connectivity index (χ0v) is 17.6. The average Bonchev–Trinajstić information content (AvgIpc) is 3.31. The largest absolute Gasteiger partial charge is 0.457 e. The summed E-state index contributed by atoms with van der Waals surface area (Å²) in [5.74, 6) is 1.53. The minimum absolute atomic E-state index is 0.195. The van der Waals surface area contributed by atoms with Crippen molar-refractivity contribution in [3.63, 3.8) is 0 Å². The maximum Gasteiger partial charge on any atom is 0.276 e. The first-order valence-corrected chi connectivity index (χ1v) is 11.0. The van der Waals surface area contributed by atoms with E-state index in [1.807, 2.05) is 60.7 Å². The van der Waals surface area contributed by atoms with Crippen LogP contribution < -0.4 is 10.2 Å². The van der Waals surface area contributed by atoms with Gasteiger partial charge < -0.3 is 9.64 Å². The molecule has 0 spiro atoms. The molecular formula is C24H22N2O4S. The lowest BCUT2D eigenvalue weighted by Crippen LogP contribution is -2.44. The Kier molecular flexibility index (Phi) is 6.86. The summed E-state index contributed by atoms with van der Waals surface area (Å²) in [6.45, 7) is 0.767. The molecule has 31 heavy (non-hydrogen) atoms. The number of hydrogen-bond acceptors (Lipinski definition) is 5. The van der Waals surface area contributed by atoms with E-state index in [-0.39, 0.29) is 18.4 Å². The molecule has 1 aliphatic rings. The highest BCUT2D eigenvalue weighted by Crippen LogP contribution is 2.27. The van der Waals surface area contributed by atoms with E-state index in [9.17, 15) is 9.59 Å². The van der Waals surface area contributed by atoms with E-state index in [4.69, 9.17) is 9.57 Å². The molecule has 1 heterocycles. The van der Waals surface area contributed by atoms with Crippen LogP contribution in [0.25, 0.3) is 0 Å². The van der Waals surface area contributed by atoms with Crippen LogP contribution in [0.2, 0.25) is 0 Å². The molecule has 7 heteroatoms. The van der Waals surface area contributed by atoms with Crippen molar-refractivity contribution in [1.29, 1.82) is 0 Å². The van der Waals surface area contributed by atoms with E-state index in [1.165, 1.54) is 11.8 Å². The normalized spacial score (nSPS) is 15.5. The Morgan fingerprint density at radius 3 is 2.26 bits per heavy atom. The van der Waals surface area contributed by atoms with Crippen LogP contribution in [0.1, 0.15) is 15.9 Å². The summed E-state index contributed by atoms with van der Waals surface area (Å²) < 4.78 is 5.77. The molecule has 0 aromatic heterocycles. The predicted molar refractivity (Wildman–Crippen MR) is 120 cm³/mol. The first-order valence-electron chi connectivity index (χ1n) is 9.92. The van der Waals surface area contributed by atoms with Crippen LogP contribution in [0, 0.1) is 0 Å². The average molecular weight is 435 g/mol. The number of benzene rings is 3. The third-order valence-electron chi connectivity index (χ3n) is 4.71. The Hall–Kier alpha value is -3.29. The van der Waals surface area contributed by atoms with Crippen LogP contribution in [0.5, 0.6) is 11.5 Å². The zero-order chi connectivity index (χ0) is 21.5. The number of nitrogens with zero attached hydrogens (tertiary/aromatic N) is 1. The number of hydroxylamine groups is 1. The molecule has 1 fully saturated rings. The van der Waals surface area contributed by atoms with Crippen molar-refractivity contribution in [3.05, 3.63) is 96.1 Å². The zero-order valence-electron chi connectivity index (χ0n) is 16.8. The summed E-state index contributed by atoms with van der Waals surface area (Å²) >= 11 is 1.42. The Morgan fingerprint density at radius 1 is 0.903 bits per heavy atom. The molecule has 0 saturated carbocycles. The van der Waals surface area contributed by atoms with Crippen molar-refractivity contribution < 1.29 is 19.2 Å². The van der Waals surface area contributed by atoms with Crippen LogP contribution >= 0.6 is 11.8 Å². The van der Waals surface area contributed by atoms with Gasteiger partial charge >= 0.3 is 0 Å². The van der Waals surface area contributed by atoms with Gasteiger partial charge in [0.15, 0.2) is 5.37 Å². The summed E-state index contributed by atoms with van der Waals surface area (Å²) in [5, 5.41) is -0.622. The maximum atomic E-state index is 13.0. The highest BCUT2D eigenvalue weighted by molar-refractivity contribution is 8.00. The Bertz CT molecular complexity index is 1010. The Morgan fingerprint density at radius 2 is 1.55 bits per heavy atom. The van der Waals surface area contributed by atoms with Gasteiger partial charge in [0.25, 0.3) is 11.8 Å². The number of carbonyl (C=O) groups excluding carboxylic acids is 2. The van der Waals surface area contributed by atoms with Crippen molar-refractivity contribution in [3.8, 4) is 11.5 Å². The molecule has 4 rings (SSSR count). The lowest BCUT2D eigenvalue weighted by Gasteiger charge is -2.23. The van der Waals surface area contributed by atoms with E-state index in [0.29, 0.717) is 23.6 Å². The lowest BCUT2D eigenvalue weighted by atomic mass is 10.2. The van der Waals surface area contributed by atoms with E-state index in [1.54, 1.807) is 29.2 Å². The number of hydrogen-bond donors (Lipinski definition) is 1. The van der Waals surface area contributed by atoms with Gasteiger partial charge in [0.2, 0.25) is 0 Å². The minimum atomic E-state index is -0.622. The first kappa shape index (κ1) is 21.0. The van der Waals surface area contributed by atoms with Gasteiger partial charge in [0.1, 0.15) is 11.5 Å². The van der Waals surface area contributed by atoms with Gasteiger partial charge in [0, 0.05) is 17.9 Å². The van der Waals surface area contributed by atoms with Crippen molar-refractivity contribution in [2.45, 2.75) is 12.0 Å². The fourth-order valence-corrected chi connectivity index (χ4v) is 4.27. The first-order chi connectivity index (χ1) is 15.2. The van der Waals surface area contributed by atoms with Gasteiger partial charge in [-0.3, -0.25) is 14.4 Å². The molecule has 158 valence electrons. The molecule has 0 unspecified atom stereocenters. The number of carbonyl (C=O) groups is 2. The van der Waals surface area contributed by atoms with E-state index < -0.39 is 5.37 Å². The second-order valence-corrected chi connectivity index (χ2v) is 8.09. The third-order valence-corrected chi connectivity index (χ3v) is 5.91. The van der Waals surface area contributed by atoms with Gasteiger partial charge in [-0.25, -0.2) is 5.48 Å². The predicted octanol–water partition coefficient (Wildman–Crippen LogP) is 4.24. The van der Waals surface area contributed by atoms with Crippen molar-refractivity contribution in [2.75, 3.05) is 12.3 Å². The summed E-state index contributed by atoms with van der Waals surface area (Å²) in [5.41, 5.74) is 3.93. The number of amides is 2. The Labute approximate surface area is 185 Å². The van der Waals surface area contributed by atoms with Crippen LogP contribution in [-0.2, 0) is 16.2 Å². The van der Waals surface area contributed by atoms with Gasteiger partial charge in [0.05, 0.1) is 6.61 Å². The number of ether oxygens (including phenoxy) is 1. The number of nitrogens with one attached hydrogen (secondary N) is 1. The molecule has 0 aliphatic carbocycles. The molecule has 6 nitrogen and oxygen atoms in total. The quantitative estimate of drug-likeness (QED) is 0.564. The van der Waals surface area contributed by atoms with Gasteiger partial charge in [-0.1, -0.05) is 48.5 Å². The number of para-hydroxylation sites is 1. The number of rotatable bonds is 7. The summed E-state index contributed by atoms with van der Waals surface area (Å²) in [4.78, 5) is 32.4. The van der Waals surface area contributed by atoms with Crippen LogP contribution in [0.15, 0.2) is 84.9 Å². The fraction of sp³-hybridized carbons (Fsp3) is 0.167. The summed E-state index contributed by atoms with van der Waals surface area (Å²) in [6, 6.07) is 25.9.